The molecule has 1 aromatic rings. The SMILES string of the molecule is CN(CCC#N)S(=O)(=O)c1ccc(C#N)s1. The van der Waals surface area contributed by atoms with E-state index in [1.807, 2.05) is 12.1 Å². The lowest BCUT2D eigenvalue weighted by atomic mass is 10.5. The van der Waals surface area contributed by atoms with Crippen LogP contribution in [-0.4, -0.2) is 26.3 Å². The highest BCUT2D eigenvalue weighted by atomic mass is 32.2. The van der Waals surface area contributed by atoms with Crippen molar-refractivity contribution in [3.63, 3.8) is 0 Å². The van der Waals surface area contributed by atoms with Gasteiger partial charge in [0.2, 0.25) is 0 Å². The zero-order valence-corrected chi connectivity index (χ0v) is 10.2. The van der Waals surface area contributed by atoms with Crippen LogP contribution in [0.15, 0.2) is 16.3 Å². The molecule has 0 amide bonds. The van der Waals surface area contributed by atoms with Crippen molar-refractivity contribution in [1.82, 2.24) is 4.31 Å². The summed E-state index contributed by atoms with van der Waals surface area (Å²) in [6, 6.07) is 6.64. The van der Waals surface area contributed by atoms with Crippen molar-refractivity contribution in [3.05, 3.63) is 17.0 Å². The predicted octanol–water partition coefficient (Wildman–Crippen LogP) is 1.15. The zero-order valence-electron chi connectivity index (χ0n) is 8.54. The first-order valence-corrected chi connectivity index (χ1v) is 6.61. The van der Waals surface area contributed by atoms with Gasteiger partial charge in [0.1, 0.15) is 15.2 Å². The van der Waals surface area contributed by atoms with Crippen molar-refractivity contribution in [3.8, 4) is 12.1 Å². The summed E-state index contributed by atoms with van der Waals surface area (Å²) in [6.45, 7) is 0.151. The molecule has 0 saturated carbocycles. The molecule has 5 nitrogen and oxygen atoms in total. The van der Waals surface area contributed by atoms with Gasteiger partial charge in [0.25, 0.3) is 10.0 Å². The van der Waals surface area contributed by atoms with E-state index in [1.54, 1.807) is 0 Å². The first kappa shape index (κ1) is 12.7. The highest BCUT2D eigenvalue weighted by molar-refractivity contribution is 7.91. The topological polar surface area (TPSA) is 85.0 Å². The van der Waals surface area contributed by atoms with Crippen molar-refractivity contribution >= 4 is 21.4 Å². The normalized spacial score (nSPS) is 11.0. The van der Waals surface area contributed by atoms with E-state index in [1.165, 1.54) is 19.2 Å². The smallest absolute Gasteiger partial charge is 0.206 e. The monoisotopic (exact) mass is 255 g/mol. The second-order valence-electron chi connectivity index (χ2n) is 2.97. The standard InChI is InChI=1S/C9H9N3O2S2/c1-12(6-2-5-10)16(13,14)9-4-3-8(7-11)15-9/h3-4H,2,6H2,1H3. The van der Waals surface area contributed by atoms with Crippen LogP contribution in [0.25, 0.3) is 0 Å². The van der Waals surface area contributed by atoms with Gasteiger partial charge in [0, 0.05) is 20.0 Å². The van der Waals surface area contributed by atoms with Crippen LogP contribution >= 0.6 is 11.3 Å². The maximum Gasteiger partial charge on any atom is 0.252 e. The van der Waals surface area contributed by atoms with Crippen molar-refractivity contribution in [2.24, 2.45) is 0 Å². The van der Waals surface area contributed by atoms with Crippen LogP contribution in [0, 0.1) is 22.7 Å². The highest BCUT2D eigenvalue weighted by Gasteiger charge is 2.22. The van der Waals surface area contributed by atoms with Gasteiger partial charge in [-0.25, -0.2) is 8.42 Å². The zero-order chi connectivity index (χ0) is 12.2. The van der Waals surface area contributed by atoms with Crippen LogP contribution in [0.4, 0.5) is 0 Å². The summed E-state index contributed by atoms with van der Waals surface area (Å²) in [7, 11) is -2.14. The number of sulfonamides is 1. The maximum atomic E-state index is 11.9. The molecule has 0 unspecified atom stereocenters. The highest BCUT2D eigenvalue weighted by Crippen LogP contribution is 2.23. The van der Waals surface area contributed by atoms with Crippen molar-refractivity contribution in [1.29, 1.82) is 10.5 Å². The van der Waals surface area contributed by atoms with Crippen LogP contribution in [0.2, 0.25) is 0 Å². The van der Waals surface area contributed by atoms with Gasteiger partial charge >= 0.3 is 0 Å². The van der Waals surface area contributed by atoms with E-state index in [9.17, 15) is 8.42 Å². The molecule has 0 fully saturated rings. The molecule has 0 atom stereocenters. The average molecular weight is 255 g/mol. The fourth-order valence-corrected chi connectivity index (χ4v) is 3.49. The minimum absolute atomic E-state index is 0.129. The number of nitrogens with zero attached hydrogens (tertiary/aromatic N) is 3. The lowest BCUT2D eigenvalue weighted by Crippen LogP contribution is -2.27. The minimum atomic E-state index is -3.55. The molecule has 7 heteroatoms. The Labute approximate surface area is 98.2 Å². The quantitative estimate of drug-likeness (QED) is 0.807. The molecule has 0 aliphatic rings. The molecule has 0 N–H and O–H groups in total. The summed E-state index contributed by atoms with van der Waals surface area (Å²) < 4.78 is 25.0. The van der Waals surface area contributed by atoms with Gasteiger partial charge in [0.05, 0.1) is 6.07 Å². The predicted molar refractivity (Wildman–Crippen MR) is 59.1 cm³/mol. The summed E-state index contributed by atoms with van der Waals surface area (Å²) in [5, 5.41) is 17.0. The third-order valence-corrected chi connectivity index (χ3v) is 5.21. The number of thiophene rings is 1. The lowest BCUT2D eigenvalue weighted by molar-refractivity contribution is 0.478. The van der Waals surface area contributed by atoms with E-state index in [2.05, 4.69) is 0 Å². The van der Waals surface area contributed by atoms with Crippen molar-refractivity contribution < 1.29 is 8.42 Å². The molecule has 0 saturated heterocycles. The van der Waals surface area contributed by atoms with Crippen LogP contribution in [-0.2, 0) is 10.0 Å². The Morgan fingerprint density at radius 2 is 2.12 bits per heavy atom. The van der Waals surface area contributed by atoms with E-state index in [0.29, 0.717) is 4.88 Å². The second-order valence-corrected chi connectivity index (χ2v) is 6.32. The van der Waals surface area contributed by atoms with Crippen LogP contribution < -0.4 is 0 Å². The molecule has 0 bridgehead atoms. The van der Waals surface area contributed by atoms with Crippen LogP contribution in [0.1, 0.15) is 11.3 Å². The average Bonchev–Trinajstić information content (AvgIpc) is 2.74. The van der Waals surface area contributed by atoms with Gasteiger partial charge in [-0.3, -0.25) is 0 Å². The summed E-state index contributed by atoms with van der Waals surface area (Å²) >= 11 is 0.928. The molecule has 0 aliphatic carbocycles. The molecule has 0 aliphatic heterocycles. The van der Waals surface area contributed by atoms with E-state index in [-0.39, 0.29) is 17.2 Å². The fourth-order valence-electron chi connectivity index (χ4n) is 1.00. The summed E-state index contributed by atoms with van der Waals surface area (Å²) in [4.78, 5) is 0.354. The van der Waals surface area contributed by atoms with E-state index in [0.717, 1.165) is 15.6 Å². The summed E-state index contributed by atoms with van der Waals surface area (Å²) in [5.74, 6) is 0. The third-order valence-electron chi connectivity index (χ3n) is 1.89. The first-order valence-electron chi connectivity index (χ1n) is 4.35. The Kier molecular flexibility index (Phi) is 4.02. The van der Waals surface area contributed by atoms with Gasteiger partial charge in [0.15, 0.2) is 0 Å². The van der Waals surface area contributed by atoms with Crippen LogP contribution in [0.3, 0.4) is 0 Å². The van der Waals surface area contributed by atoms with E-state index < -0.39 is 10.0 Å². The van der Waals surface area contributed by atoms with Crippen LogP contribution in [0.5, 0.6) is 0 Å². The van der Waals surface area contributed by atoms with Gasteiger partial charge in [-0.2, -0.15) is 14.8 Å². The molecule has 1 aromatic heterocycles. The number of rotatable bonds is 4. The molecular formula is C9H9N3O2S2. The third kappa shape index (κ3) is 2.58. The van der Waals surface area contributed by atoms with E-state index >= 15 is 0 Å². The molecule has 0 spiro atoms. The number of nitriles is 2. The molecular weight excluding hydrogens is 246 g/mol. The maximum absolute atomic E-state index is 11.9. The Hall–Kier alpha value is -1.41. The van der Waals surface area contributed by atoms with Gasteiger partial charge in [-0.15, -0.1) is 11.3 Å². The fraction of sp³-hybridized carbons (Fsp3) is 0.333. The summed E-state index contributed by atoms with van der Waals surface area (Å²) in [6.07, 6.45) is 0.145. The molecule has 84 valence electrons. The lowest BCUT2D eigenvalue weighted by Gasteiger charge is -2.13. The molecule has 0 aromatic carbocycles. The van der Waals surface area contributed by atoms with Gasteiger partial charge < -0.3 is 0 Å². The number of hydrogen-bond acceptors (Lipinski definition) is 5. The number of hydrogen-bond donors (Lipinski definition) is 0. The Balaban J connectivity index is 2.95. The molecule has 16 heavy (non-hydrogen) atoms. The van der Waals surface area contributed by atoms with Gasteiger partial charge in [-0.1, -0.05) is 0 Å². The van der Waals surface area contributed by atoms with E-state index in [4.69, 9.17) is 10.5 Å². The molecule has 0 radical (unpaired) electrons. The second kappa shape index (κ2) is 5.08. The van der Waals surface area contributed by atoms with Crippen molar-refractivity contribution in [2.45, 2.75) is 10.6 Å². The molecule has 1 heterocycles. The Morgan fingerprint density at radius 3 is 2.62 bits per heavy atom. The Bertz CT molecular complexity index is 548. The van der Waals surface area contributed by atoms with Crippen molar-refractivity contribution in [2.75, 3.05) is 13.6 Å². The molecule has 1 rings (SSSR count). The Morgan fingerprint density at radius 1 is 1.44 bits per heavy atom. The first-order chi connectivity index (χ1) is 7.52. The largest absolute Gasteiger partial charge is 0.252 e. The summed E-state index contributed by atoms with van der Waals surface area (Å²) in [5.41, 5.74) is 0. The van der Waals surface area contributed by atoms with Gasteiger partial charge in [-0.05, 0) is 12.1 Å². The minimum Gasteiger partial charge on any atom is -0.206 e.